The Hall–Kier alpha value is -6.60. The van der Waals surface area contributed by atoms with Crippen molar-refractivity contribution in [3.63, 3.8) is 0 Å². The van der Waals surface area contributed by atoms with Gasteiger partial charge in [-0.05, 0) is 36.4 Å². The third kappa shape index (κ3) is 4.78. The largest absolute Gasteiger partial charge is 0.456 e. The van der Waals surface area contributed by atoms with Crippen molar-refractivity contribution in [2.75, 3.05) is 4.90 Å². The van der Waals surface area contributed by atoms with Crippen LogP contribution in [0.25, 0.3) is 43.9 Å². The molecule has 4 heterocycles. The predicted molar refractivity (Wildman–Crippen MR) is 184 cm³/mol. The summed E-state index contributed by atoms with van der Waals surface area (Å²) in [5.41, 5.74) is 5.55. The van der Waals surface area contributed by atoms with Crippen LogP contribution in [0.4, 0.5) is 17.1 Å². The number of pyridine rings is 2. The topological polar surface area (TPSA) is 73.8 Å². The molecule has 0 aliphatic carbocycles. The monoisotopic (exact) mass is 611 g/mol. The number of furan rings is 2. The van der Waals surface area contributed by atoms with E-state index < -0.39 is 0 Å². The fraction of sp³-hybridized carbons (Fsp3) is 0. The van der Waals surface area contributed by atoms with Gasteiger partial charge in [0.15, 0.2) is 0 Å². The number of para-hydroxylation sites is 3. The van der Waals surface area contributed by atoms with Crippen LogP contribution in [0.2, 0.25) is 0 Å². The summed E-state index contributed by atoms with van der Waals surface area (Å²) in [6.07, 6.45) is 3.42. The van der Waals surface area contributed by atoms with Crippen LogP contribution in [0.3, 0.4) is 0 Å². The number of benzene rings is 5. The molecule has 0 atom stereocenters. The first-order valence-electron chi connectivity index (χ1n) is 15.2. The molecule has 0 saturated carbocycles. The fourth-order valence-electron chi connectivity index (χ4n) is 6.13. The van der Waals surface area contributed by atoms with E-state index in [4.69, 9.17) is 18.3 Å². The highest BCUT2D eigenvalue weighted by Gasteiger charge is 2.25. The van der Waals surface area contributed by atoms with Crippen molar-refractivity contribution in [1.29, 1.82) is 0 Å². The summed E-state index contributed by atoms with van der Waals surface area (Å²) in [5, 5.41) is 3.85. The fourth-order valence-corrected chi connectivity index (χ4v) is 6.13. The summed E-state index contributed by atoms with van der Waals surface area (Å²) in [5.74, 6) is 2.13. The van der Waals surface area contributed by atoms with E-state index in [0.29, 0.717) is 34.4 Å². The minimum Gasteiger partial charge on any atom is -0.456 e. The number of aromatic nitrogens is 2. The maximum atomic E-state index is 6.46. The van der Waals surface area contributed by atoms with Crippen LogP contribution in [0.5, 0.6) is 23.3 Å². The SMILES string of the molecule is c1ccc(N(c2cc(Oc3ccccn3)cc3oc4ccccc4c23)c2cc(Oc3ccccn3)cc3oc4ccccc4c23)cc1. The molecular weight excluding hydrogens is 586 g/mol. The van der Waals surface area contributed by atoms with Crippen molar-refractivity contribution in [2.24, 2.45) is 0 Å². The van der Waals surface area contributed by atoms with Gasteiger partial charge in [0.1, 0.15) is 33.8 Å². The molecule has 7 heteroatoms. The Balaban J connectivity index is 1.37. The Bertz CT molecular complexity index is 2370. The molecule has 0 amide bonds. The van der Waals surface area contributed by atoms with Gasteiger partial charge in [-0.1, -0.05) is 66.7 Å². The Morgan fingerprint density at radius 3 is 1.40 bits per heavy atom. The van der Waals surface area contributed by atoms with Gasteiger partial charge in [0.2, 0.25) is 11.8 Å². The lowest BCUT2D eigenvalue weighted by molar-refractivity contribution is 0.463. The lowest BCUT2D eigenvalue weighted by Gasteiger charge is -2.27. The first kappa shape index (κ1) is 26.8. The number of nitrogens with zero attached hydrogens (tertiary/aromatic N) is 3. The van der Waals surface area contributed by atoms with Crippen LogP contribution in [0, 0.1) is 0 Å². The summed E-state index contributed by atoms with van der Waals surface area (Å²) in [4.78, 5) is 11.0. The van der Waals surface area contributed by atoms with Crippen LogP contribution >= 0.6 is 0 Å². The quantitative estimate of drug-likeness (QED) is 0.177. The Morgan fingerprint density at radius 1 is 0.447 bits per heavy atom. The Kier molecular flexibility index (Phi) is 6.31. The Labute approximate surface area is 268 Å². The first-order chi connectivity index (χ1) is 23.3. The molecule has 0 aliphatic heterocycles. The minimum atomic E-state index is 0.481. The summed E-state index contributed by atoms with van der Waals surface area (Å²) < 4.78 is 25.6. The van der Waals surface area contributed by atoms with Gasteiger partial charge in [0, 0.05) is 65.3 Å². The van der Waals surface area contributed by atoms with Crippen molar-refractivity contribution in [2.45, 2.75) is 0 Å². The van der Waals surface area contributed by atoms with Crippen LogP contribution in [-0.2, 0) is 0 Å². The van der Waals surface area contributed by atoms with E-state index in [1.807, 2.05) is 115 Å². The van der Waals surface area contributed by atoms with Crippen LogP contribution in [0.15, 0.2) is 161 Å². The van der Waals surface area contributed by atoms with Crippen LogP contribution in [-0.4, -0.2) is 9.97 Å². The van der Waals surface area contributed by atoms with Crippen molar-refractivity contribution in [3.8, 4) is 23.3 Å². The average molecular weight is 612 g/mol. The van der Waals surface area contributed by atoms with Crippen LogP contribution < -0.4 is 14.4 Å². The average Bonchev–Trinajstić information content (AvgIpc) is 3.68. The maximum absolute atomic E-state index is 6.46. The minimum absolute atomic E-state index is 0.481. The molecule has 47 heavy (non-hydrogen) atoms. The molecule has 0 radical (unpaired) electrons. The predicted octanol–water partition coefficient (Wildman–Crippen LogP) is 11.3. The van der Waals surface area contributed by atoms with Gasteiger partial charge in [-0.25, -0.2) is 9.97 Å². The van der Waals surface area contributed by atoms with E-state index in [2.05, 4.69) is 39.1 Å². The highest BCUT2D eigenvalue weighted by molar-refractivity contribution is 6.18. The number of ether oxygens (including phenoxy) is 2. The third-order valence-corrected chi connectivity index (χ3v) is 8.08. The van der Waals surface area contributed by atoms with Crippen molar-refractivity contribution in [3.05, 3.63) is 152 Å². The smallest absolute Gasteiger partial charge is 0.219 e. The molecule has 0 saturated heterocycles. The lowest BCUT2D eigenvalue weighted by atomic mass is 10.0. The molecule has 0 bridgehead atoms. The van der Waals surface area contributed by atoms with Crippen molar-refractivity contribution < 1.29 is 18.3 Å². The summed E-state index contributed by atoms with van der Waals surface area (Å²) in [6.45, 7) is 0. The molecule has 0 aliphatic rings. The molecule has 9 aromatic rings. The number of anilines is 3. The van der Waals surface area contributed by atoms with Gasteiger partial charge in [-0.2, -0.15) is 0 Å². The second kappa shape index (κ2) is 11.1. The lowest BCUT2D eigenvalue weighted by Crippen LogP contribution is -2.11. The molecule has 5 aromatic carbocycles. The second-order valence-electron chi connectivity index (χ2n) is 11.0. The third-order valence-electron chi connectivity index (χ3n) is 8.08. The molecule has 224 valence electrons. The maximum Gasteiger partial charge on any atom is 0.219 e. The van der Waals surface area contributed by atoms with E-state index >= 15 is 0 Å². The summed E-state index contributed by atoms with van der Waals surface area (Å²) in [6, 6.07) is 45.4. The molecule has 9 rings (SSSR count). The van der Waals surface area contributed by atoms with E-state index in [9.17, 15) is 0 Å². The van der Waals surface area contributed by atoms with Gasteiger partial charge in [-0.15, -0.1) is 0 Å². The van der Waals surface area contributed by atoms with Gasteiger partial charge in [0.05, 0.1) is 22.1 Å². The van der Waals surface area contributed by atoms with E-state index in [0.717, 1.165) is 49.8 Å². The van der Waals surface area contributed by atoms with Gasteiger partial charge >= 0.3 is 0 Å². The summed E-state index contributed by atoms with van der Waals surface area (Å²) >= 11 is 0. The molecule has 4 aromatic heterocycles. The summed E-state index contributed by atoms with van der Waals surface area (Å²) in [7, 11) is 0. The van der Waals surface area contributed by atoms with E-state index in [1.165, 1.54) is 0 Å². The molecule has 7 nitrogen and oxygen atoms in total. The standard InChI is InChI=1S/C40H25N3O4/c1-2-12-26(13-3-1)43(31-22-27(44-37-18-8-10-20-41-37)24-35-39(31)29-14-4-6-16-33(29)46-35)32-23-28(45-38-19-9-11-21-42-38)25-36-40(32)30-15-5-7-17-34(30)47-36/h1-25H. The number of hydrogen-bond acceptors (Lipinski definition) is 7. The van der Waals surface area contributed by atoms with Crippen molar-refractivity contribution >= 4 is 60.9 Å². The number of hydrogen-bond donors (Lipinski definition) is 0. The van der Waals surface area contributed by atoms with Gasteiger partial charge < -0.3 is 23.2 Å². The van der Waals surface area contributed by atoms with Crippen molar-refractivity contribution in [1.82, 2.24) is 9.97 Å². The van der Waals surface area contributed by atoms with Gasteiger partial charge in [-0.3, -0.25) is 0 Å². The number of fused-ring (bicyclic) bond motifs is 6. The highest BCUT2D eigenvalue weighted by Crippen LogP contribution is 2.49. The zero-order valence-corrected chi connectivity index (χ0v) is 24.9. The highest BCUT2D eigenvalue weighted by atomic mass is 16.5. The zero-order chi connectivity index (χ0) is 31.2. The first-order valence-corrected chi connectivity index (χ1v) is 15.2. The second-order valence-corrected chi connectivity index (χ2v) is 11.0. The van der Waals surface area contributed by atoms with Gasteiger partial charge in [0.25, 0.3) is 0 Å². The normalized spacial score (nSPS) is 11.4. The molecule has 0 N–H and O–H groups in total. The Morgan fingerprint density at radius 2 is 0.915 bits per heavy atom. The van der Waals surface area contributed by atoms with E-state index in [-0.39, 0.29) is 0 Å². The van der Waals surface area contributed by atoms with Crippen LogP contribution in [0.1, 0.15) is 0 Å². The molecule has 0 unspecified atom stereocenters. The molecule has 0 fully saturated rings. The molecular formula is C40H25N3O4. The van der Waals surface area contributed by atoms with E-state index in [1.54, 1.807) is 12.4 Å². The molecule has 0 spiro atoms. The number of rotatable bonds is 7. The zero-order valence-electron chi connectivity index (χ0n) is 24.9.